The van der Waals surface area contributed by atoms with E-state index < -0.39 is 15.3 Å². The fourth-order valence-electron chi connectivity index (χ4n) is 2.75. The van der Waals surface area contributed by atoms with Crippen LogP contribution in [0.25, 0.3) is 0 Å². The van der Waals surface area contributed by atoms with E-state index in [4.69, 9.17) is 0 Å². The number of carbonyl (C=O) groups is 2. The molecule has 2 aromatic carbocycles. The van der Waals surface area contributed by atoms with Crippen LogP contribution in [-0.4, -0.2) is 32.0 Å². The number of thioether (sulfide) groups is 1. The zero-order valence-corrected chi connectivity index (χ0v) is 17.2. The minimum atomic E-state index is -3.44. The molecular weight excluding hydrogens is 410 g/mol. The molecular formula is C20H21N3O4S2. The van der Waals surface area contributed by atoms with Gasteiger partial charge in [-0.05, 0) is 29.8 Å². The molecule has 0 aromatic heterocycles. The largest absolute Gasteiger partial charge is 0.326 e. The maximum atomic E-state index is 12.4. The highest BCUT2D eigenvalue weighted by Gasteiger charge is 2.28. The van der Waals surface area contributed by atoms with Gasteiger partial charge >= 0.3 is 0 Å². The lowest BCUT2D eigenvalue weighted by atomic mass is 10.2. The number of benzene rings is 2. The number of hydrogen-bond donors (Lipinski definition) is 3. The van der Waals surface area contributed by atoms with E-state index in [9.17, 15) is 18.0 Å². The molecule has 3 N–H and O–H groups in total. The quantitative estimate of drug-likeness (QED) is 0.558. The van der Waals surface area contributed by atoms with Crippen LogP contribution in [-0.2, 0) is 25.4 Å². The molecule has 0 bridgehead atoms. The summed E-state index contributed by atoms with van der Waals surface area (Å²) in [5.74, 6) is -0.644. The number of sulfonamides is 1. The summed E-state index contributed by atoms with van der Waals surface area (Å²) in [5.41, 5.74) is 1.89. The minimum absolute atomic E-state index is 0.0342. The Morgan fingerprint density at radius 3 is 2.62 bits per heavy atom. The van der Waals surface area contributed by atoms with E-state index >= 15 is 0 Å². The molecule has 7 nitrogen and oxygen atoms in total. The lowest BCUT2D eigenvalue weighted by Gasteiger charge is -2.23. The average Bonchev–Trinajstić information content (AvgIpc) is 2.68. The van der Waals surface area contributed by atoms with Gasteiger partial charge in [-0.3, -0.25) is 9.59 Å². The van der Waals surface area contributed by atoms with Crippen LogP contribution in [0.4, 0.5) is 11.4 Å². The summed E-state index contributed by atoms with van der Waals surface area (Å²) in [6.07, 6.45) is 1.51. The Morgan fingerprint density at radius 2 is 1.90 bits per heavy atom. The first-order chi connectivity index (χ1) is 13.9. The van der Waals surface area contributed by atoms with E-state index in [0.29, 0.717) is 11.3 Å². The average molecular weight is 432 g/mol. The van der Waals surface area contributed by atoms with Gasteiger partial charge in [0.2, 0.25) is 21.8 Å². The van der Waals surface area contributed by atoms with Gasteiger partial charge in [0.05, 0.1) is 16.7 Å². The topological polar surface area (TPSA) is 104 Å². The molecule has 29 heavy (non-hydrogen) atoms. The molecule has 1 aliphatic rings. The van der Waals surface area contributed by atoms with Crippen LogP contribution in [0.3, 0.4) is 0 Å². The van der Waals surface area contributed by atoms with Crippen LogP contribution in [0.5, 0.6) is 0 Å². The number of rotatable bonds is 8. The van der Waals surface area contributed by atoms with Crippen molar-refractivity contribution in [3.8, 4) is 0 Å². The second-order valence-electron chi connectivity index (χ2n) is 6.44. The summed E-state index contributed by atoms with van der Waals surface area (Å²) < 4.78 is 26.2. The second-order valence-corrected chi connectivity index (χ2v) is 9.49. The summed E-state index contributed by atoms with van der Waals surface area (Å²) in [7, 11) is -3.44. The van der Waals surface area contributed by atoms with Crippen LogP contribution in [0.1, 0.15) is 12.0 Å². The van der Waals surface area contributed by atoms with Crippen molar-refractivity contribution in [3.63, 3.8) is 0 Å². The van der Waals surface area contributed by atoms with Crippen molar-refractivity contribution < 1.29 is 18.0 Å². The Hall–Kier alpha value is -2.62. The van der Waals surface area contributed by atoms with Crippen LogP contribution in [0.15, 0.2) is 66.1 Å². The van der Waals surface area contributed by atoms with Crippen molar-refractivity contribution in [2.75, 3.05) is 17.2 Å². The predicted octanol–water partition coefficient (Wildman–Crippen LogP) is 2.73. The molecule has 2 aromatic rings. The van der Waals surface area contributed by atoms with Gasteiger partial charge in [0.25, 0.3) is 0 Å². The number of fused-ring (bicyclic) bond motifs is 1. The van der Waals surface area contributed by atoms with Gasteiger partial charge in [0.1, 0.15) is 0 Å². The molecule has 1 heterocycles. The highest BCUT2D eigenvalue weighted by molar-refractivity contribution is 8.01. The van der Waals surface area contributed by atoms with Crippen LogP contribution in [0.2, 0.25) is 0 Å². The van der Waals surface area contributed by atoms with Crippen molar-refractivity contribution in [1.82, 2.24) is 4.72 Å². The highest BCUT2D eigenvalue weighted by atomic mass is 32.2. The van der Waals surface area contributed by atoms with Crippen LogP contribution in [0, 0.1) is 0 Å². The molecule has 0 fully saturated rings. The number of nitrogens with one attached hydrogen (secondary N) is 3. The van der Waals surface area contributed by atoms with Crippen molar-refractivity contribution in [2.24, 2.45) is 0 Å². The number of hydrogen-bond acceptors (Lipinski definition) is 5. The monoisotopic (exact) mass is 431 g/mol. The number of para-hydroxylation sites is 1. The lowest BCUT2D eigenvalue weighted by molar-refractivity contribution is -0.120. The van der Waals surface area contributed by atoms with E-state index in [2.05, 4.69) is 21.9 Å². The van der Waals surface area contributed by atoms with Gasteiger partial charge in [0.15, 0.2) is 0 Å². The first-order valence-corrected chi connectivity index (χ1v) is 11.4. The van der Waals surface area contributed by atoms with Crippen molar-refractivity contribution in [1.29, 1.82) is 0 Å². The Kier molecular flexibility index (Phi) is 6.73. The molecule has 1 unspecified atom stereocenters. The molecule has 0 aliphatic carbocycles. The Bertz CT molecular complexity index is 1020. The number of amides is 2. The van der Waals surface area contributed by atoms with E-state index in [1.807, 2.05) is 24.3 Å². The van der Waals surface area contributed by atoms with Gasteiger partial charge in [0, 0.05) is 23.5 Å². The Balaban J connectivity index is 1.56. The van der Waals surface area contributed by atoms with Crippen LogP contribution >= 0.6 is 11.8 Å². The maximum Gasteiger partial charge on any atom is 0.238 e. The molecule has 1 aliphatic heterocycles. The molecule has 0 saturated carbocycles. The maximum absolute atomic E-state index is 12.4. The smallest absolute Gasteiger partial charge is 0.238 e. The molecule has 1 atom stereocenters. The van der Waals surface area contributed by atoms with E-state index in [-0.39, 0.29) is 30.5 Å². The zero-order valence-electron chi connectivity index (χ0n) is 15.6. The Morgan fingerprint density at radius 1 is 1.17 bits per heavy atom. The molecule has 2 amide bonds. The fourth-order valence-corrected chi connectivity index (χ4v) is 4.96. The predicted molar refractivity (Wildman–Crippen MR) is 115 cm³/mol. The highest BCUT2D eigenvalue weighted by Crippen LogP contribution is 2.36. The first-order valence-electron chi connectivity index (χ1n) is 8.90. The third-order valence-electron chi connectivity index (χ3n) is 4.12. The third-order valence-corrected chi connectivity index (χ3v) is 6.71. The fraction of sp³-hybridized carbons (Fsp3) is 0.200. The standard InChI is InChI=1S/C20H21N3O4S2/c1-2-11-21-29(26,27)13-14-7-9-15(10-8-14)22-19(24)12-18-20(25)23-16-5-3-4-6-17(16)28-18/h2-10,18,21H,1,11-13H2,(H,22,24)(H,23,25). The number of carbonyl (C=O) groups excluding carboxylic acids is 2. The molecule has 0 spiro atoms. The van der Waals surface area contributed by atoms with E-state index in [0.717, 1.165) is 10.6 Å². The zero-order chi connectivity index (χ0) is 20.9. The summed E-state index contributed by atoms with van der Waals surface area (Å²) in [5, 5.41) is 5.05. The summed E-state index contributed by atoms with van der Waals surface area (Å²) >= 11 is 1.37. The summed E-state index contributed by atoms with van der Waals surface area (Å²) in [6.45, 7) is 3.65. The van der Waals surface area contributed by atoms with E-state index in [1.165, 1.54) is 17.8 Å². The second kappa shape index (κ2) is 9.25. The van der Waals surface area contributed by atoms with E-state index in [1.54, 1.807) is 24.3 Å². The molecule has 9 heteroatoms. The van der Waals surface area contributed by atoms with Gasteiger partial charge in [-0.2, -0.15) is 0 Å². The van der Waals surface area contributed by atoms with Crippen molar-refractivity contribution >= 4 is 45.0 Å². The number of anilines is 2. The van der Waals surface area contributed by atoms with Gasteiger partial charge < -0.3 is 10.6 Å². The lowest BCUT2D eigenvalue weighted by Crippen LogP contribution is -2.32. The molecule has 3 rings (SSSR count). The van der Waals surface area contributed by atoms with Crippen molar-refractivity contribution in [3.05, 3.63) is 66.7 Å². The Labute approximate surface area is 174 Å². The molecule has 0 saturated heterocycles. The van der Waals surface area contributed by atoms with Crippen LogP contribution < -0.4 is 15.4 Å². The minimum Gasteiger partial charge on any atom is -0.326 e. The third kappa shape index (κ3) is 5.93. The van der Waals surface area contributed by atoms with Gasteiger partial charge in [-0.25, -0.2) is 13.1 Å². The van der Waals surface area contributed by atoms with Gasteiger partial charge in [-0.15, -0.1) is 18.3 Å². The molecule has 0 radical (unpaired) electrons. The SMILES string of the molecule is C=CCNS(=O)(=O)Cc1ccc(NC(=O)CC2Sc3ccccc3NC2=O)cc1. The summed E-state index contributed by atoms with van der Waals surface area (Å²) in [4.78, 5) is 25.5. The summed E-state index contributed by atoms with van der Waals surface area (Å²) in [6, 6.07) is 14.0. The van der Waals surface area contributed by atoms with Crippen molar-refractivity contribution in [2.45, 2.75) is 22.3 Å². The normalized spacial score (nSPS) is 15.9. The van der Waals surface area contributed by atoms with Gasteiger partial charge in [-0.1, -0.05) is 30.3 Å². The first kappa shape index (κ1) is 21.1. The molecule has 152 valence electrons.